The van der Waals surface area contributed by atoms with Gasteiger partial charge in [0.05, 0.1) is 10.5 Å². The lowest BCUT2D eigenvalue weighted by Gasteiger charge is -2.14. The lowest BCUT2D eigenvalue weighted by molar-refractivity contribution is -0.122. The Kier molecular flexibility index (Phi) is 8.87. The number of carbonyl (C=O) groups is 1. The fraction of sp³-hybridized carbons (Fsp3) is 0.500. The van der Waals surface area contributed by atoms with E-state index in [0.717, 1.165) is 12.8 Å². The van der Waals surface area contributed by atoms with Gasteiger partial charge in [0.15, 0.2) is 0 Å². The van der Waals surface area contributed by atoms with Crippen LogP contribution in [-0.4, -0.2) is 37.6 Å². The molecule has 0 saturated carbocycles. The number of aromatic nitrogens is 2. The van der Waals surface area contributed by atoms with Crippen molar-refractivity contribution >= 4 is 51.7 Å². The topological polar surface area (TPSA) is 66.7 Å². The lowest BCUT2D eigenvalue weighted by atomic mass is 10.1. The number of hydrogen-bond donors (Lipinski definition) is 1. The fourth-order valence-corrected chi connectivity index (χ4v) is 4.83. The summed E-state index contributed by atoms with van der Waals surface area (Å²) in [4.78, 5) is 33.0. The van der Waals surface area contributed by atoms with E-state index in [-0.39, 0.29) is 11.5 Å². The zero-order valence-electron chi connectivity index (χ0n) is 19.1. The maximum Gasteiger partial charge on any atom is 0.267 e. The van der Waals surface area contributed by atoms with E-state index in [1.54, 1.807) is 29.3 Å². The number of rotatable bonds is 11. The van der Waals surface area contributed by atoms with Gasteiger partial charge in [-0.15, -0.1) is 0 Å². The van der Waals surface area contributed by atoms with Crippen LogP contribution in [0.5, 0.6) is 0 Å². The Balaban J connectivity index is 1.83. The minimum Gasteiger partial charge on any atom is -0.369 e. The zero-order valence-corrected chi connectivity index (χ0v) is 20.7. The van der Waals surface area contributed by atoms with Crippen molar-refractivity contribution in [3.05, 3.63) is 45.2 Å². The number of unbranched alkanes of at least 4 members (excludes halogenated alkanes) is 5. The van der Waals surface area contributed by atoms with Crippen molar-refractivity contribution in [2.45, 2.75) is 59.3 Å². The van der Waals surface area contributed by atoms with E-state index in [9.17, 15) is 9.59 Å². The number of thiocarbonyl (C=S) groups is 1. The Bertz CT molecular complexity index is 1060. The number of nitrogens with one attached hydrogen (secondary N) is 1. The minimum absolute atomic E-state index is 0.124. The average Bonchev–Trinajstić information content (AvgIpc) is 3.04. The Morgan fingerprint density at radius 1 is 1.16 bits per heavy atom. The molecule has 1 amide bonds. The average molecular weight is 473 g/mol. The van der Waals surface area contributed by atoms with E-state index in [1.165, 1.54) is 41.8 Å². The molecule has 1 aliphatic rings. The van der Waals surface area contributed by atoms with Crippen LogP contribution >= 0.6 is 24.0 Å². The van der Waals surface area contributed by atoms with Crippen LogP contribution < -0.4 is 10.9 Å². The molecule has 1 saturated heterocycles. The quantitative estimate of drug-likeness (QED) is 0.271. The van der Waals surface area contributed by atoms with Crippen LogP contribution in [0.2, 0.25) is 0 Å². The van der Waals surface area contributed by atoms with Gasteiger partial charge in [-0.1, -0.05) is 82.9 Å². The molecule has 172 valence electrons. The molecule has 8 heteroatoms. The highest BCUT2D eigenvalue weighted by Gasteiger charge is 2.32. The number of nitrogens with zero attached hydrogens (tertiary/aromatic N) is 3. The largest absolute Gasteiger partial charge is 0.369 e. The van der Waals surface area contributed by atoms with Gasteiger partial charge in [0.25, 0.3) is 11.5 Å². The van der Waals surface area contributed by atoms with Crippen molar-refractivity contribution in [3.8, 4) is 0 Å². The molecule has 0 unspecified atom stereocenters. The fourth-order valence-electron chi connectivity index (χ4n) is 3.54. The Hall–Kier alpha value is -2.19. The second-order valence-electron chi connectivity index (χ2n) is 8.48. The number of anilines is 1. The third-order valence-electron chi connectivity index (χ3n) is 5.33. The summed E-state index contributed by atoms with van der Waals surface area (Å²) in [7, 11) is 0. The molecule has 1 aliphatic heterocycles. The molecular weight excluding hydrogens is 440 g/mol. The predicted octanol–water partition coefficient (Wildman–Crippen LogP) is 5.32. The summed E-state index contributed by atoms with van der Waals surface area (Å²) in [5.41, 5.74) is 0.744. The van der Waals surface area contributed by atoms with E-state index in [4.69, 9.17) is 12.2 Å². The van der Waals surface area contributed by atoms with Crippen LogP contribution in [0.15, 0.2) is 34.1 Å². The van der Waals surface area contributed by atoms with Crippen molar-refractivity contribution in [2.24, 2.45) is 5.92 Å². The monoisotopic (exact) mass is 472 g/mol. The molecule has 1 fully saturated rings. The minimum atomic E-state index is -0.206. The van der Waals surface area contributed by atoms with Crippen LogP contribution in [0.1, 0.15) is 64.9 Å². The van der Waals surface area contributed by atoms with Crippen LogP contribution in [-0.2, 0) is 4.79 Å². The molecular formula is C24H32N4O2S2. The number of fused-ring (bicyclic) bond motifs is 1. The summed E-state index contributed by atoms with van der Waals surface area (Å²) in [6, 6.07) is 5.44. The van der Waals surface area contributed by atoms with E-state index in [2.05, 4.69) is 31.1 Å². The van der Waals surface area contributed by atoms with Crippen LogP contribution in [0.4, 0.5) is 5.82 Å². The van der Waals surface area contributed by atoms with E-state index >= 15 is 0 Å². The van der Waals surface area contributed by atoms with E-state index in [1.807, 2.05) is 6.07 Å². The van der Waals surface area contributed by atoms with Crippen molar-refractivity contribution < 1.29 is 4.79 Å². The van der Waals surface area contributed by atoms with E-state index in [0.29, 0.717) is 45.3 Å². The normalized spacial score (nSPS) is 15.5. The van der Waals surface area contributed by atoms with Crippen molar-refractivity contribution in [1.82, 2.24) is 14.3 Å². The molecule has 3 rings (SSSR count). The van der Waals surface area contributed by atoms with Crippen LogP contribution in [0.3, 0.4) is 0 Å². The van der Waals surface area contributed by atoms with Crippen molar-refractivity contribution in [2.75, 3.05) is 18.4 Å². The first-order chi connectivity index (χ1) is 15.4. The number of pyridine rings is 1. The third kappa shape index (κ3) is 5.98. The second kappa shape index (κ2) is 11.6. The summed E-state index contributed by atoms with van der Waals surface area (Å²) >= 11 is 6.73. The van der Waals surface area contributed by atoms with E-state index < -0.39 is 0 Å². The molecule has 2 aromatic rings. The third-order valence-corrected chi connectivity index (χ3v) is 6.71. The second-order valence-corrected chi connectivity index (χ2v) is 10.2. The molecule has 32 heavy (non-hydrogen) atoms. The van der Waals surface area contributed by atoms with Gasteiger partial charge in [0.2, 0.25) is 0 Å². The maximum absolute atomic E-state index is 13.2. The summed E-state index contributed by atoms with van der Waals surface area (Å²) in [6.45, 7) is 7.69. The first-order valence-corrected chi connectivity index (χ1v) is 12.7. The molecule has 0 aliphatic carbocycles. The number of hydrogen-bond acceptors (Lipinski definition) is 6. The molecule has 3 heterocycles. The summed E-state index contributed by atoms with van der Waals surface area (Å²) in [5.74, 6) is 0.756. The number of carbonyl (C=O) groups excluding carboxylic acids is 1. The number of thioether (sulfide) groups is 1. The predicted molar refractivity (Wildman–Crippen MR) is 138 cm³/mol. The Labute approximate surface area is 199 Å². The Morgan fingerprint density at radius 3 is 2.66 bits per heavy atom. The standard InChI is InChI=1S/C24H32N4O2S2/c1-4-5-6-7-8-10-14-28-23(30)19(32-24(28)31)15-18-21(25-16-17(2)3)26-20-12-9-11-13-27(20)22(18)29/h9,11-13,15,17,25H,4-8,10,14,16H2,1-3H3. The molecule has 0 aromatic carbocycles. The molecule has 2 aromatic heterocycles. The highest BCUT2D eigenvalue weighted by Crippen LogP contribution is 2.33. The van der Waals surface area contributed by atoms with Gasteiger partial charge in [-0.25, -0.2) is 4.98 Å². The summed E-state index contributed by atoms with van der Waals surface area (Å²) < 4.78 is 2.06. The molecule has 0 bridgehead atoms. The van der Waals surface area contributed by atoms with Crippen LogP contribution in [0, 0.1) is 5.92 Å². The molecule has 6 nitrogen and oxygen atoms in total. The van der Waals surface area contributed by atoms with Gasteiger partial charge in [-0.2, -0.15) is 0 Å². The highest BCUT2D eigenvalue weighted by atomic mass is 32.2. The Morgan fingerprint density at radius 2 is 1.91 bits per heavy atom. The molecule has 1 N–H and O–H groups in total. The highest BCUT2D eigenvalue weighted by molar-refractivity contribution is 8.26. The number of amides is 1. The van der Waals surface area contributed by atoms with Gasteiger partial charge in [-0.05, 0) is 30.5 Å². The van der Waals surface area contributed by atoms with Gasteiger partial charge in [0.1, 0.15) is 15.8 Å². The van der Waals surface area contributed by atoms with Crippen LogP contribution in [0.25, 0.3) is 11.7 Å². The maximum atomic E-state index is 13.2. The molecule has 0 atom stereocenters. The lowest BCUT2D eigenvalue weighted by Crippen LogP contribution is -2.29. The summed E-state index contributed by atoms with van der Waals surface area (Å²) in [6.07, 6.45) is 10.3. The molecule has 0 radical (unpaired) electrons. The van der Waals surface area contributed by atoms with Gasteiger partial charge in [-0.3, -0.25) is 18.9 Å². The van der Waals surface area contributed by atoms with Crippen molar-refractivity contribution in [3.63, 3.8) is 0 Å². The van der Waals surface area contributed by atoms with Gasteiger partial charge < -0.3 is 5.32 Å². The zero-order chi connectivity index (χ0) is 23.1. The smallest absolute Gasteiger partial charge is 0.267 e. The molecule has 0 spiro atoms. The first-order valence-electron chi connectivity index (χ1n) is 11.4. The van der Waals surface area contributed by atoms with Crippen molar-refractivity contribution in [1.29, 1.82) is 0 Å². The SMILES string of the molecule is CCCCCCCCN1C(=O)C(=Cc2c(NCC(C)C)nc3ccccn3c2=O)SC1=S. The summed E-state index contributed by atoms with van der Waals surface area (Å²) in [5, 5.41) is 3.28. The van der Waals surface area contributed by atoms with Gasteiger partial charge in [0, 0.05) is 19.3 Å². The van der Waals surface area contributed by atoms with Gasteiger partial charge >= 0.3 is 0 Å². The first kappa shape index (κ1) is 24.5.